The van der Waals surface area contributed by atoms with Crippen LogP contribution in [0.2, 0.25) is 0 Å². The average molecular weight is 420 g/mol. The first-order chi connectivity index (χ1) is 14.7. The minimum Gasteiger partial charge on any atom is -0.462 e. The molecule has 4 rings (SSSR count). The van der Waals surface area contributed by atoms with E-state index in [0.717, 1.165) is 36.9 Å². The molecule has 0 unspecified atom stereocenters. The zero-order chi connectivity index (χ0) is 22.2. The zero-order valence-corrected chi connectivity index (χ0v) is 19.1. The SMILES string of the molecule is CC1(C)CCC(C)(C)c2cc(C(=O)OCCc3ccc(NC(=O)C4CC4)cc3)ccc21. The second-order valence-corrected chi connectivity index (χ2v) is 10.4. The number of fused-ring (bicyclic) bond motifs is 1. The molecule has 2 aliphatic carbocycles. The summed E-state index contributed by atoms with van der Waals surface area (Å²) in [6.07, 6.45) is 4.90. The van der Waals surface area contributed by atoms with Gasteiger partial charge in [-0.05, 0) is 77.5 Å². The van der Waals surface area contributed by atoms with Crippen LogP contribution in [0.15, 0.2) is 42.5 Å². The van der Waals surface area contributed by atoms with E-state index in [4.69, 9.17) is 4.74 Å². The normalized spacial score (nSPS) is 18.7. The molecule has 2 aromatic rings. The molecule has 1 fully saturated rings. The molecule has 0 spiro atoms. The molecule has 4 heteroatoms. The first kappa shape index (κ1) is 21.6. The first-order valence-corrected chi connectivity index (χ1v) is 11.4. The highest BCUT2D eigenvalue weighted by atomic mass is 16.5. The van der Waals surface area contributed by atoms with Gasteiger partial charge in [0.05, 0.1) is 12.2 Å². The monoisotopic (exact) mass is 419 g/mol. The molecule has 0 atom stereocenters. The fourth-order valence-electron chi connectivity index (χ4n) is 4.41. The number of carbonyl (C=O) groups is 2. The van der Waals surface area contributed by atoms with Crippen LogP contribution in [0.3, 0.4) is 0 Å². The number of benzene rings is 2. The van der Waals surface area contributed by atoms with Crippen LogP contribution in [0.25, 0.3) is 0 Å². The number of amides is 1. The maximum atomic E-state index is 12.7. The molecule has 2 aliphatic rings. The third-order valence-corrected chi connectivity index (χ3v) is 6.88. The quantitative estimate of drug-likeness (QED) is 0.604. The van der Waals surface area contributed by atoms with Crippen molar-refractivity contribution in [3.05, 3.63) is 64.7 Å². The van der Waals surface area contributed by atoms with E-state index in [1.54, 1.807) is 0 Å². The molecule has 0 saturated heterocycles. The lowest BCUT2D eigenvalue weighted by atomic mass is 9.63. The number of carbonyl (C=O) groups excluding carboxylic acids is 2. The van der Waals surface area contributed by atoms with Crippen molar-refractivity contribution >= 4 is 17.6 Å². The van der Waals surface area contributed by atoms with Gasteiger partial charge in [0.15, 0.2) is 0 Å². The lowest BCUT2D eigenvalue weighted by Crippen LogP contribution is -2.34. The Balaban J connectivity index is 1.34. The largest absolute Gasteiger partial charge is 0.462 e. The van der Waals surface area contributed by atoms with Crippen molar-refractivity contribution in [3.8, 4) is 0 Å². The summed E-state index contributed by atoms with van der Waals surface area (Å²) in [4.78, 5) is 24.5. The Bertz CT molecular complexity index is 984. The molecule has 0 aromatic heterocycles. The molecule has 31 heavy (non-hydrogen) atoms. The van der Waals surface area contributed by atoms with Crippen LogP contribution in [-0.4, -0.2) is 18.5 Å². The van der Waals surface area contributed by atoms with E-state index >= 15 is 0 Å². The summed E-state index contributed by atoms with van der Waals surface area (Å²) in [6, 6.07) is 13.8. The van der Waals surface area contributed by atoms with E-state index in [-0.39, 0.29) is 28.6 Å². The van der Waals surface area contributed by atoms with Crippen molar-refractivity contribution in [2.75, 3.05) is 11.9 Å². The topological polar surface area (TPSA) is 55.4 Å². The third kappa shape index (κ3) is 4.84. The summed E-state index contributed by atoms with van der Waals surface area (Å²) < 4.78 is 5.57. The highest BCUT2D eigenvalue weighted by Gasteiger charge is 2.37. The fourth-order valence-corrected chi connectivity index (χ4v) is 4.41. The van der Waals surface area contributed by atoms with Crippen LogP contribution >= 0.6 is 0 Å². The molecule has 1 N–H and O–H groups in total. The van der Waals surface area contributed by atoms with Gasteiger partial charge in [0.25, 0.3) is 0 Å². The second-order valence-electron chi connectivity index (χ2n) is 10.4. The maximum absolute atomic E-state index is 12.7. The van der Waals surface area contributed by atoms with Gasteiger partial charge >= 0.3 is 5.97 Å². The zero-order valence-electron chi connectivity index (χ0n) is 19.1. The van der Waals surface area contributed by atoms with E-state index in [9.17, 15) is 9.59 Å². The molecule has 1 amide bonds. The predicted octanol–water partition coefficient (Wildman–Crippen LogP) is 5.78. The molecule has 4 nitrogen and oxygen atoms in total. The highest BCUT2D eigenvalue weighted by Crippen LogP contribution is 2.45. The summed E-state index contributed by atoms with van der Waals surface area (Å²) in [5.74, 6) is 0.0351. The van der Waals surface area contributed by atoms with Gasteiger partial charge in [-0.2, -0.15) is 0 Å². The molecule has 1 saturated carbocycles. The van der Waals surface area contributed by atoms with Crippen molar-refractivity contribution in [1.29, 1.82) is 0 Å². The van der Waals surface area contributed by atoms with Crippen LogP contribution in [0.1, 0.15) is 80.4 Å². The van der Waals surface area contributed by atoms with Gasteiger partial charge in [-0.3, -0.25) is 4.79 Å². The van der Waals surface area contributed by atoms with Gasteiger partial charge in [0.2, 0.25) is 5.91 Å². The Hall–Kier alpha value is -2.62. The summed E-state index contributed by atoms with van der Waals surface area (Å²) in [5.41, 5.74) is 5.33. The summed E-state index contributed by atoms with van der Waals surface area (Å²) in [5, 5.41) is 2.94. The first-order valence-electron chi connectivity index (χ1n) is 11.4. The number of nitrogens with one attached hydrogen (secondary N) is 1. The minimum absolute atomic E-state index is 0.0673. The summed E-state index contributed by atoms with van der Waals surface area (Å²) in [6.45, 7) is 9.40. The Morgan fingerprint density at radius 3 is 2.23 bits per heavy atom. The Kier molecular flexibility index (Phi) is 5.67. The Morgan fingerprint density at radius 1 is 0.935 bits per heavy atom. The Morgan fingerprint density at radius 2 is 1.58 bits per heavy atom. The number of esters is 1. The predicted molar refractivity (Wildman–Crippen MR) is 124 cm³/mol. The lowest BCUT2D eigenvalue weighted by Gasteiger charge is -2.41. The van der Waals surface area contributed by atoms with Gasteiger partial charge in [-0.1, -0.05) is 45.9 Å². The van der Waals surface area contributed by atoms with Crippen molar-refractivity contribution in [1.82, 2.24) is 0 Å². The van der Waals surface area contributed by atoms with Gasteiger partial charge in [-0.15, -0.1) is 0 Å². The smallest absolute Gasteiger partial charge is 0.338 e. The lowest BCUT2D eigenvalue weighted by molar-refractivity contribution is -0.117. The van der Waals surface area contributed by atoms with E-state index in [1.165, 1.54) is 11.1 Å². The average Bonchev–Trinajstić information content (AvgIpc) is 3.58. The number of hydrogen-bond donors (Lipinski definition) is 1. The maximum Gasteiger partial charge on any atom is 0.338 e. The molecule has 0 heterocycles. The third-order valence-electron chi connectivity index (χ3n) is 6.88. The molecule has 0 aliphatic heterocycles. The van der Waals surface area contributed by atoms with Crippen molar-refractivity contribution in [2.45, 2.75) is 70.6 Å². The van der Waals surface area contributed by atoms with E-state index < -0.39 is 0 Å². The van der Waals surface area contributed by atoms with Crippen LogP contribution < -0.4 is 5.32 Å². The van der Waals surface area contributed by atoms with Crippen LogP contribution in [0.4, 0.5) is 5.69 Å². The summed E-state index contributed by atoms with van der Waals surface area (Å²) in [7, 11) is 0. The number of hydrogen-bond acceptors (Lipinski definition) is 3. The molecular formula is C27H33NO3. The standard InChI is InChI=1S/C27H33NO3/c1-26(2)14-15-27(3,4)23-17-20(9-12-22(23)26)25(30)31-16-13-18-5-10-21(11-6-18)28-24(29)19-7-8-19/h5-6,9-12,17,19H,7-8,13-16H2,1-4H3,(H,28,29). The van der Waals surface area contributed by atoms with Gasteiger partial charge in [0.1, 0.15) is 0 Å². The van der Waals surface area contributed by atoms with E-state index in [2.05, 4.69) is 39.1 Å². The van der Waals surface area contributed by atoms with Crippen LogP contribution in [0.5, 0.6) is 0 Å². The molecule has 0 bridgehead atoms. The van der Waals surface area contributed by atoms with Gasteiger partial charge in [-0.25, -0.2) is 4.79 Å². The van der Waals surface area contributed by atoms with Gasteiger partial charge in [0, 0.05) is 18.0 Å². The van der Waals surface area contributed by atoms with Gasteiger partial charge < -0.3 is 10.1 Å². The van der Waals surface area contributed by atoms with Crippen molar-refractivity contribution in [3.63, 3.8) is 0 Å². The summed E-state index contributed by atoms with van der Waals surface area (Å²) >= 11 is 0. The highest BCUT2D eigenvalue weighted by molar-refractivity contribution is 5.94. The van der Waals surface area contributed by atoms with Crippen molar-refractivity contribution < 1.29 is 14.3 Å². The van der Waals surface area contributed by atoms with E-state index in [1.807, 2.05) is 36.4 Å². The van der Waals surface area contributed by atoms with Crippen LogP contribution in [0, 0.1) is 5.92 Å². The van der Waals surface area contributed by atoms with Crippen molar-refractivity contribution in [2.24, 2.45) is 5.92 Å². The number of ether oxygens (including phenoxy) is 1. The number of rotatable bonds is 6. The molecular weight excluding hydrogens is 386 g/mol. The Labute approximate surface area is 185 Å². The molecule has 2 aromatic carbocycles. The molecule has 164 valence electrons. The molecule has 0 radical (unpaired) electrons. The second kappa shape index (κ2) is 8.14. The van der Waals surface area contributed by atoms with E-state index in [0.29, 0.717) is 18.6 Å². The minimum atomic E-state index is -0.268. The van der Waals surface area contributed by atoms with Crippen LogP contribution in [-0.2, 0) is 26.8 Å². The number of anilines is 1. The fraction of sp³-hybridized carbons (Fsp3) is 0.481.